The van der Waals surface area contributed by atoms with E-state index >= 15 is 0 Å². The Kier molecular flexibility index (Phi) is 5.92. The van der Waals surface area contributed by atoms with Crippen LogP contribution in [0.15, 0.2) is 36.9 Å². The molecule has 4 aromatic rings. The zero-order valence-electron chi connectivity index (χ0n) is 16.7. The molecule has 0 saturated heterocycles. The number of aromatic nitrogens is 7. The molecule has 14 heteroatoms. The van der Waals surface area contributed by atoms with Gasteiger partial charge in [-0.3, -0.25) is 0 Å². The number of urea groups is 1. The highest BCUT2D eigenvalue weighted by atomic mass is 35.5. The number of alkyl halides is 2. The van der Waals surface area contributed by atoms with Crippen molar-refractivity contribution in [2.24, 2.45) is 0 Å². The zero-order valence-corrected chi connectivity index (χ0v) is 17.5. The highest BCUT2D eigenvalue weighted by Crippen LogP contribution is 2.28. The molecule has 2 amide bonds. The van der Waals surface area contributed by atoms with Crippen LogP contribution in [0.25, 0.3) is 11.5 Å². The molecule has 0 aliphatic rings. The number of rotatable bonds is 6. The van der Waals surface area contributed by atoms with Crippen LogP contribution in [0.3, 0.4) is 0 Å². The largest absolute Gasteiger partial charge is 0.375 e. The number of ether oxygens (including phenoxy) is 1. The fraction of sp³-hybridized carbons (Fsp3) is 0.222. The molecule has 166 valence electrons. The first-order valence-corrected chi connectivity index (χ1v) is 9.55. The fourth-order valence-electron chi connectivity index (χ4n) is 2.97. The second kappa shape index (κ2) is 8.80. The number of methoxy groups -OCH3 is 1. The van der Waals surface area contributed by atoms with Gasteiger partial charge in [-0.2, -0.15) is 15.3 Å². The third kappa shape index (κ3) is 4.20. The number of anilines is 2. The van der Waals surface area contributed by atoms with E-state index in [2.05, 4.69) is 35.9 Å². The summed E-state index contributed by atoms with van der Waals surface area (Å²) in [5.41, 5.74) is 0.822. The summed E-state index contributed by atoms with van der Waals surface area (Å²) >= 11 is 5.98. The van der Waals surface area contributed by atoms with Crippen LogP contribution < -0.4 is 10.6 Å². The lowest BCUT2D eigenvalue weighted by molar-refractivity contribution is 0.114. The van der Waals surface area contributed by atoms with Crippen LogP contribution in [0, 0.1) is 0 Å². The maximum absolute atomic E-state index is 13.2. The van der Waals surface area contributed by atoms with E-state index in [-0.39, 0.29) is 27.9 Å². The molecule has 0 bridgehead atoms. The van der Waals surface area contributed by atoms with Gasteiger partial charge in [-0.25, -0.2) is 28.1 Å². The molecular weight excluding hydrogens is 448 g/mol. The molecule has 1 atom stereocenters. The Morgan fingerprint density at radius 1 is 1.12 bits per heavy atom. The number of fused-ring (bicyclic) bond motifs is 1. The second-order valence-corrected chi connectivity index (χ2v) is 6.90. The Morgan fingerprint density at radius 3 is 2.53 bits per heavy atom. The molecule has 0 aliphatic carbocycles. The molecule has 32 heavy (non-hydrogen) atoms. The number of carbonyl (C=O) groups is 1. The van der Waals surface area contributed by atoms with E-state index in [9.17, 15) is 13.6 Å². The van der Waals surface area contributed by atoms with Crippen LogP contribution in [0.4, 0.5) is 25.0 Å². The second-order valence-electron chi connectivity index (χ2n) is 6.51. The smallest absolute Gasteiger partial charge is 0.323 e. The highest BCUT2D eigenvalue weighted by molar-refractivity contribution is 6.29. The van der Waals surface area contributed by atoms with E-state index in [1.165, 1.54) is 30.2 Å². The summed E-state index contributed by atoms with van der Waals surface area (Å²) in [7, 11) is 1.50. The number of hydrogen-bond donors (Lipinski definition) is 2. The van der Waals surface area contributed by atoms with Gasteiger partial charge >= 0.3 is 6.03 Å². The molecule has 0 radical (unpaired) electrons. The lowest BCUT2D eigenvalue weighted by atomic mass is 10.2. The number of carbonyl (C=O) groups excluding carboxylic acids is 1. The molecule has 4 heterocycles. The molecule has 2 N–H and O–H groups in total. The Bertz CT molecular complexity index is 1260. The van der Waals surface area contributed by atoms with Crippen molar-refractivity contribution in [3.05, 3.63) is 53.3 Å². The summed E-state index contributed by atoms with van der Waals surface area (Å²) in [5, 5.41) is 17.4. The first kappa shape index (κ1) is 21.5. The number of nitrogens with zero attached hydrogens (tertiary/aromatic N) is 7. The van der Waals surface area contributed by atoms with Gasteiger partial charge in [0.05, 0.1) is 41.8 Å². The normalized spacial score (nSPS) is 12.3. The van der Waals surface area contributed by atoms with Crippen LogP contribution in [-0.4, -0.2) is 47.7 Å². The van der Waals surface area contributed by atoms with E-state index < -0.39 is 18.6 Å². The minimum Gasteiger partial charge on any atom is -0.375 e. The standard InChI is InChI=1S/C18H16ClF2N9O2/c1-9(32-2)15-12(8-22-14-6-13(19)28-29(14)15)27-18(31)26-11-5-10(16(20)21)7-23-17(11)30-24-3-4-25-30/h3-9,16H,1-2H3,(H2,26,27,31)/t9-/m0/s1. The Labute approximate surface area is 184 Å². The molecule has 0 aromatic carbocycles. The first-order valence-electron chi connectivity index (χ1n) is 9.17. The van der Waals surface area contributed by atoms with Crippen molar-refractivity contribution in [3.8, 4) is 5.82 Å². The van der Waals surface area contributed by atoms with Gasteiger partial charge in [0.25, 0.3) is 6.43 Å². The molecule has 0 unspecified atom stereocenters. The van der Waals surface area contributed by atoms with E-state index in [4.69, 9.17) is 16.3 Å². The van der Waals surface area contributed by atoms with Crippen molar-refractivity contribution in [1.82, 2.24) is 34.6 Å². The van der Waals surface area contributed by atoms with Gasteiger partial charge in [0.2, 0.25) is 0 Å². The van der Waals surface area contributed by atoms with Crippen LogP contribution in [0.1, 0.15) is 30.7 Å². The lowest BCUT2D eigenvalue weighted by Crippen LogP contribution is -2.23. The van der Waals surface area contributed by atoms with Gasteiger partial charge in [0, 0.05) is 24.9 Å². The highest BCUT2D eigenvalue weighted by Gasteiger charge is 2.21. The fourth-order valence-corrected chi connectivity index (χ4v) is 3.14. The van der Waals surface area contributed by atoms with Gasteiger partial charge in [-0.15, -0.1) is 4.80 Å². The molecule has 4 rings (SSSR count). The van der Waals surface area contributed by atoms with E-state index in [0.717, 1.165) is 17.1 Å². The lowest BCUT2D eigenvalue weighted by Gasteiger charge is -2.17. The number of halogens is 3. The molecule has 0 fully saturated rings. The summed E-state index contributed by atoms with van der Waals surface area (Å²) in [6, 6.07) is 1.92. The van der Waals surface area contributed by atoms with Crippen LogP contribution in [0.2, 0.25) is 5.15 Å². The minimum absolute atomic E-state index is 0.0194. The van der Waals surface area contributed by atoms with Gasteiger partial charge in [0.15, 0.2) is 16.6 Å². The van der Waals surface area contributed by atoms with Gasteiger partial charge < -0.3 is 15.4 Å². The Morgan fingerprint density at radius 2 is 1.84 bits per heavy atom. The van der Waals surface area contributed by atoms with Crippen LogP contribution in [0.5, 0.6) is 0 Å². The Balaban J connectivity index is 1.67. The maximum atomic E-state index is 13.2. The van der Waals surface area contributed by atoms with Crippen molar-refractivity contribution in [2.45, 2.75) is 19.5 Å². The third-order valence-electron chi connectivity index (χ3n) is 4.47. The molecule has 0 spiro atoms. The molecule has 11 nitrogen and oxygen atoms in total. The number of hydrogen-bond acceptors (Lipinski definition) is 7. The van der Waals surface area contributed by atoms with Gasteiger partial charge in [-0.05, 0) is 13.0 Å². The van der Waals surface area contributed by atoms with Crippen molar-refractivity contribution >= 4 is 34.7 Å². The van der Waals surface area contributed by atoms with E-state index in [0.29, 0.717) is 11.3 Å². The van der Waals surface area contributed by atoms with E-state index in [1.807, 2.05) is 0 Å². The van der Waals surface area contributed by atoms with Crippen LogP contribution in [-0.2, 0) is 4.74 Å². The number of amides is 2. The molecule has 0 saturated carbocycles. The average Bonchev–Trinajstić information content (AvgIpc) is 3.42. The number of pyridine rings is 1. The third-order valence-corrected chi connectivity index (χ3v) is 4.66. The predicted molar refractivity (Wildman–Crippen MR) is 110 cm³/mol. The predicted octanol–water partition coefficient (Wildman–Crippen LogP) is 3.65. The van der Waals surface area contributed by atoms with Crippen molar-refractivity contribution in [1.29, 1.82) is 0 Å². The monoisotopic (exact) mass is 463 g/mol. The topological polar surface area (TPSA) is 124 Å². The summed E-state index contributed by atoms with van der Waals surface area (Å²) in [4.78, 5) is 22.1. The summed E-state index contributed by atoms with van der Waals surface area (Å²) in [6.07, 6.45) is 1.92. The van der Waals surface area contributed by atoms with Crippen molar-refractivity contribution < 1.29 is 18.3 Å². The van der Waals surface area contributed by atoms with Crippen molar-refractivity contribution in [3.63, 3.8) is 0 Å². The molecular formula is C18H16ClF2N9O2. The Hall–Kier alpha value is -3.71. The van der Waals surface area contributed by atoms with Crippen molar-refractivity contribution in [2.75, 3.05) is 17.7 Å². The van der Waals surface area contributed by atoms with Crippen LogP contribution >= 0.6 is 11.6 Å². The van der Waals surface area contributed by atoms with E-state index in [1.54, 1.807) is 13.0 Å². The first-order chi connectivity index (χ1) is 15.4. The van der Waals surface area contributed by atoms with Gasteiger partial charge in [-0.1, -0.05) is 11.6 Å². The molecule has 0 aliphatic heterocycles. The van der Waals surface area contributed by atoms with Gasteiger partial charge in [0.1, 0.15) is 0 Å². The minimum atomic E-state index is -2.78. The summed E-state index contributed by atoms with van der Waals surface area (Å²) in [6.45, 7) is 1.75. The average molecular weight is 464 g/mol. The summed E-state index contributed by atoms with van der Waals surface area (Å²) < 4.78 is 33.2. The quantitative estimate of drug-likeness (QED) is 0.447. The number of nitrogens with one attached hydrogen (secondary N) is 2. The molecule has 4 aromatic heterocycles. The maximum Gasteiger partial charge on any atom is 0.323 e. The summed E-state index contributed by atoms with van der Waals surface area (Å²) in [5.74, 6) is 0.0625. The zero-order chi connectivity index (χ0) is 22.8. The SMILES string of the molecule is CO[C@@H](C)c1c(NC(=O)Nc2cc(C(F)F)cnc2-n2nccn2)cnc2cc(Cl)nn12.